The minimum Gasteiger partial charge on any atom is -0.463 e. The van der Waals surface area contributed by atoms with Gasteiger partial charge in [0.25, 0.3) is 0 Å². The topological polar surface area (TPSA) is 35.5 Å². The number of carbonyl (C=O) groups is 1. The van der Waals surface area contributed by atoms with Crippen molar-refractivity contribution in [3.63, 3.8) is 0 Å². The van der Waals surface area contributed by atoms with Crippen molar-refractivity contribution in [2.75, 3.05) is 6.61 Å². The van der Waals surface area contributed by atoms with Crippen molar-refractivity contribution in [2.24, 2.45) is 0 Å². The van der Waals surface area contributed by atoms with E-state index < -0.39 is 0 Å². The van der Waals surface area contributed by atoms with Gasteiger partial charge in [-0.05, 0) is 55.3 Å². The van der Waals surface area contributed by atoms with E-state index in [4.69, 9.17) is 32.7 Å². The van der Waals surface area contributed by atoms with Gasteiger partial charge in [-0.15, -0.1) is 0 Å². The summed E-state index contributed by atoms with van der Waals surface area (Å²) in [5.74, 6) is 0.822. The monoisotopic (exact) mass is 350 g/mol. The first-order chi connectivity index (χ1) is 11.0. The summed E-state index contributed by atoms with van der Waals surface area (Å²) in [4.78, 5) is 11.5. The van der Waals surface area contributed by atoms with Crippen molar-refractivity contribution < 1.29 is 14.3 Å². The Morgan fingerprint density at radius 1 is 1.13 bits per heavy atom. The molecule has 0 aliphatic rings. The molecule has 120 valence electrons. The molecular formula is C18H16Cl2O3. The van der Waals surface area contributed by atoms with Crippen LogP contribution >= 0.6 is 23.2 Å². The second-order valence-corrected chi connectivity index (χ2v) is 5.62. The summed E-state index contributed by atoms with van der Waals surface area (Å²) in [6.45, 7) is 3.98. The molecule has 0 fully saturated rings. The van der Waals surface area contributed by atoms with Gasteiger partial charge in [-0.25, -0.2) is 4.79 Å². The van der Waals surface area contributed by atoms with Crippen LogP contribution in [-0.4, -0.2) is 12.6 Å². The van der Waals surface area contributed by atoms with Crippen molar-refractivity contribution in [2.45, 2.75) is 13.8 Å². The third-order valence-corrected chi connectivity index (χ3v) is 3.58. The van der Waals surface area contributed by atoms with Gasteiger partial charge in [-0.3, -0.25) is 0 Å². The molecule has 0 aliphatic heterocycles. The highest BCUT2D eigenvalue weighted by atomic mass is 35.5. The number of hydrogen-bond donors (Lipinski definition) is 0. The third kappa shape index (κ3) is 5.02. The van der Waals surface area contributed by atoms with Gasteiger partial charge in [0.15, 0.2) is 0 Å². The van der Waals surface area contributed by atoms with E-state index >= 15 is 0 Å². The normalized spacial score (nSPS) is 11.2. The van der Waals surface area contributed by atoms with Gasteiger partial charge >= 0.3 is 5.97 Å². The maximum absolute atomic E-state index is 11.5. The largest absolute Gasteiger partial charge is 0.463 e. The summed E-state index contributed by atoms with van der Waals surface area (Å²) in [6.07, 6.45) is 1.47. The molecule has 0 unspecified atom stereocenters. The molecule has 0 spiro atoms. The van der Waals surface area contributed by atoms with Crippen LogP contribution < -0.4 is 4.74 Å². The molecule has 0 saturated carbocycles. The number of carbonyl (C=O) groups excluding carboxylic acids is 1. The Morgan fingerprint density at radius 2 is 1.83 bits per heavy atom. The molecular weight excluding hydrogens is 335 g/mol. The summed E-state index contributed by atoms with van der Waals surface area (Å²) >= 11 is 11.9. The van der Waals surface area contributed by atoms with Gasteiger partial charge in [-0.1, -0.05) is 35.3 Å². The molecule has 0 radical (unpaired) electrons. The highest BCUT2D eigenvalue weighted by Crippen LogP contribution is 2.32. The summed E-state index contributed by atoms with van der Waals surface area (Å²) in [6, 6.07) is 12.4. The molecule has 0 saturated heterocycles. The van der Waals surface area contributed by atoms with E-state index in [9.17, 15) is 4.79 Å². The number of benzene rings is 2. The molecule has 0 heterocycles. The fraction of sp³-hybridized carbons (Fsp3) is 0.167. The molecule has 0 atom stereocenters. The van der Waals surface area contributed by atoms with Crippen molar-refractivity contribution in [3.05, 3.63) is 64.1 Å². The molecule has 0 N–H and O–H groups in total. The van der Waals surface area contributed by atoms with Gasteiger partial charge in [0, 0.05) is 11.1 Å². The van der Waals surface area contributed by atoms with E-state index in [1.165, 1.54) is 6.08 Å². The van der Waals surface area contributed by atoms with Gasteiger partial charge in [-0.2, -0.15) is 0 Å². The standard InChI is InChI=1S/C18H16Cl2O3/c1-3-22-18(21)10-12(2)13-4-7-15(8-5-13)23-17-9-6-14(19)11-16(17)20/h4-11H,3H2,1-2H3/b12-10+. The molecule has 2 aromatic carbocycles. The molecule has 0 bridgehead atoms. The number of hydrogen-bond acceptors (Lipinski definition) is 3. The Bertz CT molecular complexity index is 722. The number of allylic oxidation sites excluding steroid dienone is 1. The minimum absolute atomic E-state index is 0.349. The SMILES string of the molecule is CCOC(=O)/C=C(\C)c1ccc(Oc2ccc(Cl)cc2Cl)cc1. The Balaban J connectivity index is 2.11. The minimum atomic E-state index is -0.349. The second-order valence-electron chi connectivity index (χ2n) is 4.78. The average Bonchev–Trinajstić information content (AvgIpc) is 2.51. The fourth-order valence-electron chi connectivity index (χ4n) is 1.91. The van der Waals surface area contributed by atoms with E-state index in [2.05, 4.69) is 0 Å². The van der Waals surface area contributed by atoms with Crippen LogP contribution in [0.5, 0.6) is 11.5 Å². The molecule has 0 aliphatic carbocycles. The van der Waals surface area contributed by atoms with E-state index in [1.807, 2.05) is 31.2 Å². The highest BCUT2D eigenvalue weighted by molar-refractivity contribution is 6.35. The Kier molecular flexibility index (Phi) is 6.08. The van der Waals surface area contributed by atoms with Crippen LogP contribution in [0.25, 0.3) is 5.57 Å². The van der Waals surface area contributed by atoms with Crippen molar-refractivity contribution in [1.82, 2.24) is 0 Å². The first-order valence-corrected chi connectivity index (χ1v) is 7.83. The smallest absolute Gasteiger partial charge is 0.331 e. The Morgan fingerprint density at radius 3 is 2.43 bits per heavy atom. The van der Waals surface area contributed by atoms with Crippen LogP contribution in [0, 0.1) is 0 Å². The maximum atomic E-state index is 11.5. The summed E-state index contributed by atoms with van der Waals surface area (Å²) in [5.41, 5.74) is 1.73. The van der Waals surface area contributed by atoms with E-state index in [-0.39, 0.29) is 5.97 Å². The third-order valence-electron chi connectivity index (χ3n) is 3.05. The first kappa shape index (κ1) is 17.4. The second kappa shape index (κ2) is 8.04. The zero-order chi connectivity index (χ0) is 16.8. The van der Waals surface area contributed by atoms with Crippen molar-refractivity contribution >= 4 is 34.7 Å². The number of ether oxygens (including phenoxy) is 2. The number of halogens is 2. The molecule has 23 heavy (non-hydrogen) atoms. The van der Waals surface area contributed by atoms with Crippen molar-refractivity contribution in [3.8, 4) is 11.5 Å². The quantitative estimate of drug-likeness (QED) is 0.508. The lowest BCUT2D eigenvalue weighted by Crippen LogP contribution is -2.00. The maximum Gasteiger partial charge on any atom is 0.331 e. The van der Waals surface area contributed by atoms with Crippen LogP contribution in [0.4, 0.5) is 0 Å². The summed E-state index contributed by atoms with van der Waals surface area (Å²) in [5, 5.41) is 0.998. The first-order valence-electron chi connectivity index (χ1n) is 7.08. The van der Waals surface area contributed by atoms with Crippen molar-refractivity contribution in [1.29, 1.82) is 0 Å². The van der Waals surface area contributed by atoms with Gasteiger partial charge in [0.05, 0.1) is 11.6 Å². The summed E-state index contributed by atoms with van der Waals surface area (Å²) in [7, 11) is 0. The van der Waals surface area contributed by atoms with E-state index in [1.54, 1.807) is 25.1 Å². The lowest BCUT2D eigenvalue weighted by molar-refractivity contribution is -0.137. The summed E-state index contributed by atoms with van der Waals surface area (Å²) < 4.78 is 10.6. The predicted molar refractivity (Wildman–Crippen MR) is 93.3 cm³/mol. The fourth-order valence-corrected chi connectivity index (χ4v) is 2.36. The van der Waals surface area contributed by atoms with Gasteiger partial charge in [0.1, 0.15) is 11.5 Å². The van der Waals surface area contributed by atoms with Crippen LogP contribution in [0.1, 0.15) is 19.4 Å². The predicted octanol–water partition coefficient (Wildman–Crippen LogP) is 5.75. The molecule has 3 nitrogen and oxygen atoms in total. The molecule has 0 aromatic heterocycles. The molecule has 2 rings (SSSR count). The highest BCUT2D eigenvalue weighted by Gasteiger charge is 2.05. The lowest BCUT2D eigenvalue weighted by atomic mass is 10.1. The van der Waals surface area contributed by atoms with Gasteiger partial charge < -0.3 is 9.47 Å². The molecule has 0 amide bonds. The van der Waals surface area contributed by atoms with E-state index in [0.717, 1.165) is 11.1 Å². The zero-order valence-corrected chi connectivity index (χ0v) is 14.3. The van der Waals surface area contributed by atoms with Crippen LogP contribution in [0.15, 0.2) is 48.5 Å². The van der Waals surface area contributed by atoms with E-state index in [0.29, 0.717) is 28.2 Å². The zero-order valence-electron chi connectivity index (χ0n) is 12.8. The molecule has 2 aromatic rings. The Hall–Kier alpha value is -1.97. The van der Waals surface area contributed by atoms with Crippen LogP contribution in [0.2, 0.25) is 10.0 Å². The van der Waals surface area contributed by atoms with Crippen LogP contribution in [-0.2, 0) is 9.53 Å². The lowest BCUT2D eigenvalue weighted by Gasteiger charge is -2.09. The number of rotatable bonds is 5. The van der Waals surface area contributed by atoms with Gasteiger partial charge in [0.2, 0.25) is 0 Å². The van der Waals surface area contributed by atoms with Crippen LogP contribution in [0.3, 0.4) is 0 Å². The average molecular weight is 351 g/mol. The Labute approximate surface area is 145 Å². The number of esters is 1. The molecule has 5 heteroatoms.